The number of thioether (sulfide) groups is 1. The van der Waals surface area contributed by atoms with Crippen LogP contribution in [0.3, 0.4) is 0 Å². The van der Waals surface area contributed by atoms with Crippen molar-refractivity contribution in [3.05, 3.63) is 76.5 Å². The minimum Gasteiger partial charge on any atom is -0.340 e. The van der Waals surface area contributed by atoms with Crippen LogP contribution < -0.4 is 0 Å². The van der Waals surface area contributed by atoms with E-state index in [9.17, 15) is 4.79 Å². The Morgan fingerprint density at radius 2 is 1.84 bits per heavy atom. The number of hydrazone groups is 1. The van der Waals surface area contributed by atoms with Gasteiger partial charge in [0.15, 0.2) is 5.84 Å². The summed E-state index contributed by atoms with van der Waals surface area (Å²) in [6.07, 6.45) is 2.55. The van der Waals surface area contributed by atoms with Crippen LogP contribution in [0, 0.1) is 19.3 Å². The minimum absolute atomic E-state index is 0.0747. The number of aryl methyl sites for hydroxylation is 1. The second kappa shape index (κ2) is 7.91. The van der Waals surface area contributed by atoms with Crippen molar-refractivity contribution in [1.29, 1.82) is 5.41 Å². The number of nitrogens with zero attached hydrogens (tertiary/aromatic N) is 4. The lowest BCUT2D eigenvalue weighted by Crippen LogP contribution is -2.35. The van der Waals surface area contributed by atoms with Gasteiger partial charge in [-0.2, -0.15) is 15.1 Å². The van der Waals surface area contributed by atoms with Crippen molar-refractivity contribution in [1.82, 2.24) is 9.58 Å². The first-order valence-electron chi connectivity index (χ1n) is 10.6. The Morgan fingerprint density at radius 3 is 2.59 bits per heavy atom. The molecule has 0 atom stereocenters. The molecule has 7 heteroatoms. The van der Waals surface area contributed by atoms with Gasteiger partial charge in [0.25, 0.3) is 5.91 Å². The van der Waals surface area contributed by atoms with E-state index in [0.717, 1.165) is 40.2 Å². The SMILES string of the molecule is CCC1=NN2C(=N)/C(=C\c3c(C)n(Cc4ccc(C)cc4)c4ccccc34)C(=O)N=C2S1. The summed E-state index contributed by atoms with van der Waals surface area (Å²) in [5, 5.41) is 16.9. The predicted molar refractivity (Wildman–Crippen MR) is 132 cm³/mol. The first-order valence-corrected chi connectivity index (χ1v) is 11.4. The highest BCUT2D eigenvalue weighted by Crippen LogP contribution is 2.32. The maximum Gasteiger partial charge on any atom is 0.283 e. The Hall–Kier alpha value is -3.45. The Labute approximate surface area is 190 Å². The summed E-state index contributed by atoms with van der Waals surface area (Å²) < 4.78 is 2.26. The van der Waals surface area contributed by atoms with Gasteiger partial charge in [0.05, 0.1) is 5.57 Å². The lowest BCUT2D eigenvalue weighted by atomic mass is 10.1. The van der Waals surface area contributed by atoms with Gasteiger partial charge in [-0.1, -0.05) is 55.0 Å². The Kier molecular flexibility index (Phi) is 5.06. The third-order valence-electron chi connectivity index (χ3n) is 5.83. The Balaban J connectivity index is 1.61. The standard InChI is InChI=1S/C25H23N5OS/c1-4-22-28-30-23(26)20(24(31)27-25(30)32-22)13-19-16(3)29(21-8-6-5-7-18(19)21)14-17-11-9-15(2)10-12-17/h5-13,26H,4,14H2,1-3H3/b20-13+,26-23?. The van der Waals surface area contributed by atoms with E-state index in [1.165, 1.54) is 27.9 Å². The topological polar surface area (TPSA) is 73.8 Å². The van der Waals surface area contributed by atoms with Gasteiger partial charge in [-0.25, -0.2) is 0 Å². The number of aliphatic imine (C=N–C) groups is 1. The highest BCUT2D eigenvalue weighted by molar-refractivity contribution is 8.26. The molecule has 0 unspecified atom stereocenters. The second-order valence-electron chi connectivity index (χ2n) is 7.96. The zero-order valence-electron chi connectivity index (χ0n) is 18.2. The summed E-state index contributed by atoms with van der Waals surface area (Å²) in [4.78, 5) is 17.0. The third-order valence-corrected chi connectivity index (χ3v) is 6.88. The first-order chi connectivity index (χ1) is 15.5. The van der Waals surface area contributed by atoms with E-state index in [1.807, 2.05) is 19.1 Å². The molecule has 160 valence electrons. The predicted octanol–water partition coefficient (Wildman–Crippen LogP) is 5.34. The van der Waals surface area contributed by atoms with Gasteiger partial charge in [-0.05, 0) is 49.7 Å². The number of fused-ring (bicyclic) bond motifs is 2. The van der Waals surface area contributed by atoms with E-state index in [4.69, 9.17) is 5.41 Å². The number of hydrogen-bond acceptors (Lipinski definition) is 4. The maximum atomic E-state index is 12.8. The molecule has 1 aromatic heterocycles. The zero-order valence-corrected chi connectivity index (χ0v) is 19.0. The molecule has 6 nitrogen and oxygen atoms in total. The number of nitrogens with one attached hydrogen (secondary N) is 1. The van der Waals surface area contributed by atoms with Crippen LogP contribution in [0.15, 0.2) is 64.2 Å². The van der Waals surface area contributed by atoms with Crippen LogP contribution in [0.25, 0.3) is 17.0 Å². The molecule has 0 saturated carbocycles. The number of carbonyl (C=O) groups excluding carboxylic acids is 1. The molecule has 1 amide bonds. The number of hydrogen-bond donors (Lipinski definition) is 1. The van der Waals surface area contributed by atoms with E-state index in [0.29, 0.717) is 5.17 Å². The van der Waals surface area contributed by atoms with Crippen LogP contribution in [0.4, 0.5) is 0 Å². The molecular weight excluding hydrogens is 418 g/mol. The summed E-state index contributed by atoms with van der Waals surface area (Å²) in [7, 11) is 0. The van der Waals surface area contributed by atoms with Crippen LogP contribution >= 0.6 is 11.8 Å². The van der Waals surface area contributed by atoms with Gasteiger partial charge in [0.2, 0.25) is 5.17 Å². The monoisotopic (exact) mass is 441 g/mol. The maximum absolute atomic E-state index is 12.8. The zero-order chi connectivity index (χ0) is 22.4. The molecule has 0 fully saturated rings. The molecule has 0 aliphatic carbocycles. The molecule has 1 N–H and O–H groups in total. The summed E-state index contributed by atoms with van der Waals surface area (Å²) in [6, 6.07) is 16.7. The van der Waals surface area contributed by atoms with Gasteiger partial charge in [-0.3, -0.25) is 10.2 Å². The summed E-state index contributed by atoms with van der Waals surface area (Å²) >= 11 is 1.36. The fourth-order valence-electron chi connectivity index (χ4n) is 4.04. The molecule has 0 saturated heterocycles. The van der Waals surface area contributed by atoms with Gasteiger partial charge >= 0.3 is 0 Å². The van der Waals surface area contributed by atoms with Gasteiger partial charge in [0, 0.05) is 28.7 Å². The van der Waals surface area contributed by atoms with Crippen LogP contribution in [0.5, 0.6) is 0 Å². The highest BCUT2D eigenvalue weighted by Gasteiger charge is 2.35. The largest absolute Gasteiger partial charge is 0.340 e. The quantitative estimate of drug-likeness (QED) is 0.556. The van der Waals surface area contributed by atoms with Crippen LogP contribution in [-0.2, 0) is 11.3 Å². The van der Waals surface area contributed by atoms with Crippen LogP contribution in [0.1, 0.15) is 35.7 Å². The average Bonchev–Trinajstić information content (AvgIpc) is 3.32. The number of benzene rings is 2. The molecule has 3 aromatic rings. The van der Waals surface area contributed by atoms with Crippen molar-refractivity contribution in [2.45, 2.75) is 33.7 Å². The fourth-order valence-corrected chi connectivity index (χ4v) is 4.86. The number of para-hydroxylation sites is 1. The summed E-state index contributed by atoms with van der Waals surface area (Å²) in [5.74, 6) is -0.318. The third kappa shape index (κ3) is 3.39. The summed E-state index contributed by atoms with van der Waals surface area (Å²) in [6.45, 7) is 6.88. The molecule has 32 heavy (non-hydrogen) atoms. The van der Waals surface area contributed by atoms with E-state index in [-0.39, 0.29) is 11.4 Å². The normalized spacial score (nSPS) is 17.2. The fraction of sp³-hybridized carbons (Fsp3) is 0.200. The lowest BCUT2D eigenvalue weighted by molar-refractivity contribution is -0.114. The van der Waals surface area contributed by atoms with E-state index < -0.39 is 5.91 Å². The van der Waals surface area contributed by atoms with Crippen LogP contribution in [0.2, 0.25) is 0 Å². The van der Waals surface area contributed by atoms with Gasteiger partial charge in [-0.15, -0.1) is 0 Å². The number of amides is 1. The lowest BCUT2D eigenvalue weighted by Gasteiger charge is -2.20. The van der Waals surface area contributed by atoms with E-state index in [2.05, 4.69) is 64.9 Å². The molecule has 2 aromatic carbocycles. The molecule has 0 spiro atoms. The second-order valence-corrected chi connectivity index (χ2v) is 9.00. The van der Waals surface area contributed by atoms with Crippen molar-refractivity contribution < 1.29 is 4.79 Å². The average molecular weight is 442 g/mol. The molecular formula is C25H23N5OS. The van der Waals surface area contributed by atoms with E-state index >= 15 is 0 Å². The minimum atomic E-state index is -0.393. The van der Waals surface area contributed by atoms with Crippen molar-refractivity contribution >= 4 is 50.7 Å². The molecule has 2 aliphatic rings. The van der Waals surface area contributed by atoms with Crippen molar-refractivity contribution in [3.63, 3.8) is 0 Å². The van der Waals surface area contributed by atoms with Crippen molar-refractivity contribution in [2.24, 2.45) is 10.1 Å². The van der Waals surface area contributed by atoms with Gasteiger partial charge < -0.3 is 4.57 Å². The molecule has 3 heterocycles. The van der Waals surface area contributed by atoms with E-state index in [1.54, 1.807) is 6.08 Å². The van der Waals surface area contributed by atoms with Crippen molar-refractivity contribution in [2.75, 3.05) is 0 Å². The Bertz CT molecular complexity index is 1360. The summed E-state index contributed by atoms with van der Waals surface area (Å²) in [5.41, 5.74) is 5.78. The highest BCUT2D eigenvalue weighted by atomic mass is 32.2. The molecule has 2 aliphatic heterocycles. The smallest absolute Gasteiger partial charge is 0.283 e. The number of amidine groups is 2. The molecule has 0 bridgehead atoms. The first kappa shape index (κ1) is 20.5. The number of rotatable bonds is 4. The Morgan fingerprint density at radius 1 is 1.09 bits per heavy atom. The number of carbonyl (C=O) groups is 1. The van der Waals surface area contributed by atoms with Gasteiger partial charge in [0.1, 0.15) is 5.04 Å². The number of aromatic nitrogens is 1. The van der Waals surface area contributed by atoms with Crippen molar-refractivity contribution in [3.8, 4) is 0 Å². The molecule has 5 rings (SSSR count). The van der Waals surface area contributed by atoms with Crippen LogP contribution in [-0.4, -0.2) is 31.5 Å². The molecule has 0 radical (unpaired) electrons.